The van der Waals surface area contributed by atoms with Gasteiger partial charge < -0.3 is 15.4 Å². The molecule has 0 unspecified atom stereocenters. The van der Waals surface area contributed by atoms with Gasteiger partial charge in [0, 0.05) is 24.6 Å². The van der Waals surface area contributed by atoms with Crippen LogP contribution in [0, 0.1) is 0 Å². The Hall–Kier alpha value is -1.56. The Morgan fingerprint density at radius 1 is 1.16 bits per heavy atom. The van der Waals surface area contributed by atoms with Crippen molar-refractivity contribution < 1.29 is 9.53 Å². The molecule has 2 aromatic carbocycles. The van der Waals surface area contributed by atoms with Crippen molar-refractivity contribution in [1.82, 2.24) is 4.90 Å². The first-order valence-corrected chi connectivity index (χ1v) is 9.96. The Morgan fingerprint density at radius 2 is 1.92 bits per heavy atom. The van der Waals surface area contributed by atoms with Crippen molar-refractivity contribution in [1.29, 1.82) is 0 Å². The summed E-state index contributed by atoms with van der Waals surface area (Å²) in [7, 11) is 0. The second-order valence-electron chi connectivity index (χ2n) is 6.39. The van der Waals surface area contributed by atoms with E-state index in [0.717, 1.165) is 43.9 Å². The van der Waals surface area contributed by atoms with Gasteiger partial charge in [0.25, 0.3) is 0 Å². The number of hydrogen-bond donors (Lipinski definition) is 1. The summed E-state index contributed by atoms with van der Waals surface area (Å²) >= 11 is 1.62. The van der Waals surface area contributed by atoms with E-state index < -0.39 is 0 Å². The van der Waals surface area contributed by atoms with Crippen molar-refractivity contribution in [3.8, 4) is 0 Å². The predicted octanol–water partition coefficient (Wildman–Crippen LogP) is 3.29. The van der Waals surface area contributed by atoms with Gasteiger partial charge in [-0.1, -0.05) is 30.3 Å². The lowest BCUT2D eigenvalue weighted by atomic mass is 10.1. The monoisotopic (exact) mass is 358 g/mol. The van der Waals surface area contributed by atoms with Crippen LogP contribution in [-0.2, 0) is 9.53 Å². The van der Waals surface area contributed by atoms with Gasteiger partial charge in [-0.3, -0.25) is 4.79 Å². The highest BCUT2D eigenvalue weighted by Crippen LogP contribution is 2.24. The topological polar surface area (TPSA) is 55.6 Å². The van der Waals surface area contributed by atoms with Crippen LogP contribution < -0.4 is 5.73 Å². The van der Waals surface area contributed by atoms with Crippen molar-refractivity contribution in [3.05, 3.63) is 42.5 Å². The number of carbonyl (C=O) groups excluding carboxylic acids is 1. The van der Waals surface area contributed by atoms with Gasteiger partial charge >= 0.3 is 0 Å². The molecule has 134 valence electrons. The highest BCUT2D eigenvalue weighted by Gasteiger charge is 2.23. The molecule has 1 aliphatic heterocycles. The molecular formula is C20H26N2O2S. The summed E-state index contributed by atoms with van der Waals surface area (Å²) < 4.78 is 5.80. The summed E-state index contributed by atoms with van der Waals surface area (Å²) in [6.45, 7) is 2.99. The molecule has 1 saturated heterocycles. The third-order valence-electron chi connectivity index (χ3n) is 4.58. The summed E-state index contributed by atoms with van der Waals surface area (Å²) in [4.78, 5) is 15.6. The number of nitrogens with two attached hydrogens (primary N) is 1. The van der Waals surface area contributed by atoms with E-state index in [1.165, 1.54) is 10.8 Å². The number of amides is 1. The first-order chi connectivity index (χ1) is 12.3. The summed E-state index contributed by atoms with van der Waals surface area (Å²) in [6.07, 6.45) is 3.04. The molecule has 2 N–H and O–H groups in total. The number of likely N-dealkylation sites (tertiary alicyclic amines) is 1. The Balaban J connectivity index is 1.44. The van der Waals surface area contributed by atoms with Gasteiger partial charge in [0.2, 0.25) is 5.91 Å². The Kier molecular flexibility index (Phi) is 6.73. The first kappa shape index (κ1) is 18.2. The van der Waals surface area contributed by atoms with E-state index in [2.05, 4.69) is 30.3 Å². The average molecular weight is 359 g/mol. The molecule has 1 heterocycles. The minimum absolute atomic E-state index is 0.221. The molecule has 1 amide bonds. The van der Waals surface area contributed by atoms with Gasteiger partial charge in [-0.05, 0) is 48.7 Å². The van der Waals surface area contributed by atoms with Crippen LogP contribution in [0.2, 0.25) is 0 Å². The second-order valence-corrected chi connectivity index (χ2v) is 7.44. The van der Waals surface area contributed by atoms with Crippen LogP contribution in [0.15, 0.2) is 47.4 Å². The number of hydrogen-bond acceptors (Lipinski definition) is 4. The van der Waals surface area contributed by atoms with Crippen molar-refractivity contribution in [2.24, 2.45) is 5.73 Å². The van der Waals surface area contributed by atoms with Gasteiger partial charge in [-0.25, -0.2) is 0 Å². The van der Waals surface area contributed by atoms with Crippen LogP contribution in [0.3, 0.4) is 0 Å². The van der Waals surface area contributed by atoms with Gasteiger partial charge in [0.15, 0.2) is 0 Å². The zero-order valence-electron chi connectivity index (χ0n) is 14.5. The van der Waals surface area contributed by atoms with Crippen LogP contribution in [0.25, 0.3) is 10.8 Å². The number of ether oxygens (including phenoxy) is 1. The lowest BCUT2D eigenvalue weighted by Gasteiger charge is -2.32. The number of rotatable bonds is 7. The van der Waals surface area contributed by atoms with Crippen LogP contribution in [0.4, 0.5) is 0 Å². The van der Waals surface area contributed by atoms with Crippen LogP contribution in [0.5, 0.6) is 0 Å². The van der Waals surface area contributed by atoms with E-state index in [1.54, 1.807) is 11.8 Å². The Morgan fingerprint density at radius 3 is 2.68 bits per heavy atom. The fraction of sp³-hybridized carbons (Fsp3) is 0.450. The molecule has 0 radical (unpaired) electrons. The maximum Gasteiger partial charge on any atom is 0.232 e. The molecule has 4 nitrogen and oxygen atoms in total. The zero-order chi connectivity index (χ0) is 17.5. The van der Waals surface area contributed by atoms with Crippen molar-refractivity contribution in [2.75, 3.05) is 32.0 Å². The lowest BCUT2D eigenvalue weighted by molar-refractivity contribution is -0.130. The van der Waals surface area contributed by atoms with E-state index in [4.69, 9.17) is 10.5 Å². The molecular weight excluding hydrogens is 332 g/mol. The van der Waals surface area contributed by atoms with Crippen molar-refractivity contribution in [3.63, 3.8) is 0 Å². The molecule has 1 fully saturated rings. The molecule has 25 heavy (non-hydrogen) atoms. The highest BCUT2D eigenvalue weighted by atomic mass is 32.2. The second kappa shape index (κ2) is 9.22. The Labute approximate surface area is 153 Å². The summed E-state index contributed by atoms with van der Waals surface area (Å²) in [5, 5.41) is 2.45. The maximum absolute atomic E-state index is 12.4. The molecule has 0 aliphatic carbocycles. The smallest absolute Gasteiger partial charge is 0.232 e. The fourth-order valence-electron chi connectivity index (χ4n) is 3.10. The van der Waals surface area contributed by atoms with Gasteiger partial charge in [0.05, 0.1) is 11.9 Å². The quantitative estimate of drug-likeness (QED) is 0.609. The third kappa shape index (κ3) is 5.21. The SMILES string of the molecule is NCCCOC1CCN(C(=O)CSc2ccc3ccccc3c2)CC1. The number of nitrogens with zero attached hydrogens (tertiary/aromatic N) is 1. The largest absolute Gasteiger partial charge is 0.378 e. The summed E-state index contributed by atoms with van der Waals surface area (Å²) in [6, 6.07) is 14.7. The minimum Gasteiger partial charge on any atom is -0.378 e. The number of piperidine rings is 1. The van der Waals surface area contributed by atoms with E-state index in [0.29, 0.717) is 12.3 Å². The van der Waals surface area contributed by atoms with E-state index in [9.17, 15) is 4.79 Å². The summed E-state index contributed by atoms with van der Waals surface area (Å²) in [5.41, 5.74) is 5.48. The van der Waals surface area contributed by atoms with E-state index in [1.807, 2.05) is 17.0 Å². The fourth-order valence-corrected chi connectivity index (χ4v) is 3.95. The standard InChI is InChI=1S/C20H26N2O2S/c21-10-3-13-24-18-8-11-22(12-9-18)20(23)15-25-19-7-6-16-4-1-2-5-17(16)14-19/h1-2,4-7,14,18H,3,8-13,15,21H2. The average Bonchev–Trinajstić information content (AvgIpc) is 2.66. The molecule has 0 bridgehead atoms. The molecule has 0 aromatic heterocycles. The normalized spacial score (nSPS) is 15.6. The Bertz CT molecular complexity index is 699. The third-order valence-corrected chi connectivity index (χ3v) is 5.56. The molecule has 0 saturated carbocycles. The minimum atomic E-state index is 0.221. The van der Waals surface area contributed by atoms with Crippen LogP contribution >= 0.6 is 11.8 Å². The number of carbonyl (C=O) groups is 1. The maximum atomic E-state index is 12.4. The van der Waals surface area contributed by atoms with Gasteiger partial charge in [0.1, 0.15) is 0 Å². The number of benzene rings is 2. The van der Waals surface area contributed by atoms with Crippen LogP contribution in [-0.4, -0.2) is 48.9 Å². The molecule has 0 spiro atoms. The predicted molar refractivity (Wildman–Crippen MR) is 104 cm³/mol. The van der Waals surface area contributed by atoms with E-state index in [-0.39, 0.29) is 12.0 Å². The summed E-state index contributed by atoms with van der Waals surface area (Å²) in [5.74, 6) is 0.718. The van der Waals surface area contributed by atoms with Crippen LogP contribution in [0.1, 0.15) is 19.3 Å². The van der Waals surface area contributed by atoms with Gasteiger partial charge in [-0.2, -0.15) is 0 Å². The molecule has 2 aromatic rings. The van der Waals surface area contributed by atoms with Crippen molar-refractivity contribution in [2.45, 2.75) is 30.3 Å². The molecule has 1 aliphatic rings. The number of thioether (sulfide) groups is 1. The lowest BCUT2D eigenvalue weighted by Crippen LogP contribution is -2.41. The highest BCUT2D eigenvalue weighted by molar-refractivity contribution is 8.00. The first-order valence-electron chi connectivity index (χ1n) is 8.97. The van der Waals surface area contributed by atoms with Gasteiger partial charge in [-0.15, -0.1) is 11.8 Å². The van der Waals surface area contributed by atoms with E-state index >= 15 is 0 Å². The molecule has 3 rings (SSSR count). The number of fused-ring (bicyclic) bond motifs is 1. The molecule has 5 heteroatoms. The van der Waals surface area contributed by atoms with Crippen molar-refractivity contribution >= 4 is 28.4 Å². The molecule has 0 atom stereocenters. The zero-order valence-corrected chi connectivity index (χ0v) is 15.3.